The molecule has 0 fully saturated rings. The highest BCUT2D eigenvalue weighted by Crippen LogP contribution is 2.16. The third-order valence-electron chi connectivity index (χ3n) is 3.84. The lowest BCUT2D eigenvalue weighted by atomic mass is 10.1. The minimum atomic E-state index is -0.234. The molecule has 0 bridgehead atoms. The maximum atomic E-state index is 12.0. The average Bonchev–Trinajstić information content (AvgIpc) is 2.61. The van der Waals surface area contributed by atoms with Gasteiger partial charge in [-0.1, -0.05) is 30.3 Å². The Labute approximate surface area is 148 Å². The van der Waals surface area contributed by atoms with Crippen LogP contribution in [-0.2, 0) is 6.42 Å². The molecule has 2 aromatic carbocycles. The minimum absolute atomic E-state index is 0.109. The van der Waals surface area contributed by atoms with Crippen molar-refractivity contribution in [2.24, 2.45) is 0 Å². The Kier molecular flexibility index (Phi) is 7.01. The number of urea groups is 1. The lowest BCUT2D eigenvalue weighted by Crippen LogP contribution is -2.30. The number of benzene rings is 2. The Morgan fingerprint density at radius 3 is 2.44 bits per heavy atom. The van der Waals surface area contributed by atoms with Crippen molar-refractivity contribution < 1.29 is 9.59 Å². The molecule has 0 aliphatic heterocycles. The fourth-order valence-electron chi connectivity index (χ4n) is 2.51. The van der Waals surface area contributed by atoms with Crippen LogP contribution in [0.1, 0.15) is 34.8 Å². The molecule has 0 radical (unpaired) electrons. The van der Waals surface area contributed by atoms with Gasteiger partial charge < -0.3 is 16.0 Å². The number of carbonyl (C=O) groups excluding carboxylic acids is 2. The number of aryl methyl sites for hydroxylation is 2. The van der Waals surface area contributed by atoms with E-state index in [-0.39, 0.29) is 11.9 Å². The predicted octanol–water partition coefficient (Wildman–Crippen LogP) is 3.50. The van der Waals surface area contributed by atoms with E-state index in [4.69, 9.17) is 0 Å². The van der Waals surface area contributed by atoms with E-state index in [1.54, 1.807) is 18.2 Å². The Hall–Kier alpha value is -2.82. The van der Waals surface area contributed by atoms with Gasteiger partial charge in [0.05, 0.1) is 0 Å². The maximum absolute atomic E-state index is 12.0. The van der Waals surface area contributed by atoms with Crippen LogP contribution in [0.5, 0.6) is 0 Å². The molecule has 132 valence electrons. The van der Waals surface area contributed by atoms with Gasteiger partial charge in [-0.2, -0.15) is 0 Å². The predicted molar refractivity (Wildman–Crippen MR) is 101 cm³/mol. The molecule has 0 saturated heterocycles. The molecular weight excluding hydrogens is 314 g/mol. The third-order valence-corrected chi connectivity index (χ3v) is 3.84. The van der Waals surface area contributed by atoms with Crippen LogP contribution in [0.25, 0.3) is 0 Å². The van der Waals surface area contributed by atoms with Crippen LogP contribution < -0.4 is 16.0 Å². The molecule has 2 aromatic rings. The Bertz CT molecular complexity index is 714. The summed E-state index contributed by atoms with van der Waals surface area (Å²) in [6.45, 7) is 4.94. The van der Waals surface area contributed by atoms with Gasteiger partial charge in [-0.15, -0.1) is 0 Å². The number of carbonyl (C=O) groups is 2. The number of amides is 3. The number of hydrogen-bond donors (Lipinski definition) is 3. The van der Waals surface area contributed by atoms with Crippen molar-refractivity contribution in [1.82, 2.24) is 10.6 Å². The van der Waals surface area contributed by atoms with Gasteiger partial charge in [0, 0.05) is 24.3 Å². The van der Waals surface area contributed by atoms with Gasteiger partial charge in [0.15, 0.2) is 0 Å². The van der Waals surface area contributed by atoms with Crippen molar-refractivity contribution in [2.75, 3.05) is 18.4 Å². The van der Waals surface area contributed by atoms with Crippen LogP contribution in [0.3, 0.4) is 0 Å². The second kappa shape index (κ2) is 9.47. The quantitative estimate of drug-likeness (QED) is 0.676. The van der Waals surface area contributed by atoms with Gasteiger partial charge in [0.25, 0.3) is 5.91 Å². The normalized spacial score (nSPS) is 10.2. The molecule has 5 heteroatoms. The molecule has 25 heavy (non-hydrogen) atoms. The summed E-state index contributed by atoms with van der Waals surface area (Å²) in [5.41, 5.74) is 3.41. The van der Waals surface area contributed by atoms with Crippen LogP contribution in [0.15, 0.2) is 48.5 Å². The van der Waals surface area contributed by atoms with E-state index in [0.717, 1.165) is 18.4 Å². The molecule has 0 saturated carbocycles. The molecule has 3 amide bonds. The zero-order valence-corrected chi connectivity index (χ0v) is 14.8. The molecule has 2 rings (SSSR count). The number of rotatable bonds is 7. The number of anilines is 1. The van der Waals surface area contributed by atoms with E-state index in [1.807, 2.05) is 32.0 Å². The molecule has 0 unspecified atom stereocenters. The molecular formula is C20H25N3O2. The smallest absolute Gasteiger partial charge is 0.319 e. The molecule has 5 nitrogen and oxygen atoms in total. The van der Waals surface area contributed by atoms with Crippen LogP contribution >= 0.6 is 0 Å². The Balaban J connectivity index is 1.79. The number of nitrogens with one attached hydrogen (secondary N) is 3. The molecule has 0 aromatic heterocycles. The van der Waals surface area contributed by atoms with E-state index < -0.39 is 0 Å². The van der Waals surface area contributed by atoms with Gasteiger partial charge in [0.1, 0.15) is 0 Å². The molecule has 0 atom stereocenters. The van der Waals surface area contributed by atoms with Crippen molar-refractivity contribution in [3.8, 4) is 0 Å². The van der Waals surface area contributed by atoms with E-state index in [1.165, 1.54) is 5.56 Å². The van der Waals surface area contributed by atoms with E-state index in [2.05, 4.69) is 28.1 Å². The van der Waals surface area contributed by atoms with Crippen molar-refractivity contribution in [1.29, 1.82) is 0 Å². The Morgan fingerprint density at radius 1 is 1.00 bits per heavy atom. The van der Waals surface area contributed by atoms with Gasteiger partial charge in [-0.3, -0.25) is 4.79 Å². The fraction of sp³-hybridized carbons (Fsp3) is 0.300. The Morgan fingerprint density at radius 2 is 1.76 bits per heavy atom. The highest BCUT2D eigenvalue weighted by Gasteiger charge is 2.08. The van der Waals surface area contributed by atoms with Gasteiger partial charge >= 0.3 is 6.03 Å². The standard InChI is InChI=1S/C20H25N3O2/c1-3-21-19(24)17-11-12-18(15(2)14-17)23-20(25)22-13-7-10-16-8-5-4-6-9-16/h4-6,8-9,11-12,14H,3,7,10,13H2,1-2H3,(H,21,24)(H2,22,23,25). The van der Waals surface area contributed by atoms with Gasteiger partial charge in [0.2, 0.25) is 0 Å². The maximum Gasteiger partial charge on any atom is 0.319 e. The first-order valence-electron chi connectivity index (χ1n) is 8.57. The van der Waals surface area contributed by atoms with Crippen molar-refractivity contribution >= 4 is 17.6 Å². The summed E-state index contributed by atoms with van der Waals surface area (Å²) in [6.07, 6.45) is 1.81. The molecule has 0 heterocycles. The molecule has 3 N–H and O–H groups in total. The molecule has 0 aliphatic carbocycles. The van der Waals surface area contributed by atoms with Crippen LogP contribution in [0.2, 0.25) is 0 Å². The summed E-state index contributed by atoms with van der Waals surface area (Å²) in [7, 11) is 0. The summed E-state index contributed by atoms with van der Waals surface area (Å²) in [6, 6.07) is 15.2. The SMILES string of the molecule is CCNC(=O)c1ccc(NC(=O)NCCCc2ccccc2)c(C)c1. The zero-order chi connectivity index (χ0) is 18.1. The summed E-state index contributed by atoms with van der Waals surface area (Å²) in [5.74, 6) is -0.109. The first-order chi connectivity index (χ1) is 12.1. The summed E-state index contributed by atoms with van der Waals surface area (Å²) < 4.78 is 0. The van der Waals surface area contributed by atoms with E-state index in [0.29, 0.717) is 24.3 Å². The topological polar surface area (TPSA) is 70.2 Å². The highest BCUT2D eigenvalue weighted by atomic mass is 16.2. The monoisotopic (exact) mass is 339 g/mol. The second-order valence-corrected chi connectivity index (χ2v) is 5.86. The second-order valence-electron chi connectivity index (χ2n) is 5.86. The highest BCUT2D eigenvalue weighted by molar-refractivity contribution is 5.96. The average molecular weight is 339 g/mol. The summed E-state index contributed by atoms with van der Waals surface area (Å²) >= 11 is 0. The first kappa shape index (κ1) is 18.5. The first-order valence-corrected chi connectivity index (χ1v) is 8.57. The summed E-state index contributed by atoms with van der Waals surface area (Å²) in [5, 5.41) is 8.44. The van der Waals surface area contributed by atoms with E-state index >= 15 is 0 Å². The minimum Gasteiger partial charge on any atom is -0.352 e. The van der Waals surface area contributed by atoms with E-state index in [9.17, 15) is 9.59 Å². The van der Waals surface area contributed by atoms with Gasteiger partial charge in [-0.05, 0) is 56.0 Å². The third kappa shape index (κ3) is 5.95. The summed E-state index contributed by atoms with van der Waals surface area (Å²) in [4.78, 5) is 23.8. The lowest BCUT2D eigenvalue weighted by Gasteiger charge is -2.11. The fourth-order valence-corrected chi connectivity index (χ4v) is 2.51. The lowest BCUT2D eigenvalue weighted by molar-refractivity contribution is 0.0955. The van der Waals surface area contributed by atoms with Crippen molar-refractivity contribution in [3.05, 3.63) is 65.2 Å². The van der Waals surface area contributed by atoms with Crippen molar-refractivity contribution in [2.45, 2.75) is 26.7 Å². The van der Waals surface area contributed by atoms with Crippen LogP contribution in [0, 0.1) is 6.92 Å². The van der Waals surface area contributed by atoms with Crippen molar-refractivity contribution in [3.63, 3.8) is 0 Å². The number of hydrogen-bond acceptors (Lipinski definition) is 2. The zero-order valence-electron chi connectivity index (χ0n) is 14.8. The molecule has 0 spiro atoms. The van der Waals surface area contributed by atoms with Gasteiger partial charge in [-0.25, -0.2) is 4.79 Å². The van der Waals surface area contributed by atoms with Crippen LogP contribution in [0.4, 0.5) is 10.5 Å². The van der Waals surface area contributed by atoms with Crippen LogP contribution in [-0.4, -0.2) is 25.0 Å². The largest absolute Gasteiger partial charge is 0.352 e. The molecule has 0 aliphatic rings.